The first kappa shape index (κ1) is 12.8. The van der Waals surface area contributed by atoms with Crippen molar-refractivity contribution < 1.29 is 4.79 Å². The van der Waals surface area contributed by atoms with E-state index in [1.807, 2.05) is 13.8 Å². The Morgan fingerprint density at radius 2 is 2.12 bits per heavy atom. The van der Waals surface area contributed by atoms with Gasteiger partial charge < -0.3 is 10.3 Å². The van der Waals surface area contributed by atoms with Gasteiger partial charge in [0.2, 0.25) is 0 Å². The largest absolute Gasteiger partial charge is 0.339 e. The van der Waals surface area contributed by atoms with Crippen LogP contribution in [-0.4, -0.2) is 23.9 Å². The second-order valence-electron chi connectivity index (χ2n) is 3.84. The molecule has 0 spiro atoms. The van der Waals surface area contributed by atoms with Gasteiger partial charge in [-0.25, -0.2) is 0 Å². The molecule has 1 aromatic rings. The number of hydrazine groups is 1. The molecule has 0 aromatic heterocycles. The Balaban J connectivity index is 3.11. The standard InChI is InChI=1S/C11H16ClN3O/c1-7(2)15(3)11(16)9-6-8(12)4-5-10(9)14-13/h4-7,14H,13H2,1-3H3. The Labute approximate surface area is 100 Å². The first-order chi connectivity index (χ1) is 7.47. The highest BCUT2D eigenvalue weighted by atomic mass is 35.5. The molecule has 5 heteroatoms. The molecule has 0 saturated carbocycles. The van der Waals surface area contributed by atoms with E-state index in [1.165, 1.54) is 0 Å². The first-order valence-electron chi connectivity index (χ1n) is 5.00. The molecule has 0 radical (unpaired) electrons. The smallest absolute Gasteiger partial charge is 0.256 e. The molecule has 0 aliphatic carbocycles. The topological polar surface area (TPSA) is 58.4 Å². The van der Waals surface area contributed by atoms with Gasteiger partial charge in [0.05, 0.1) is 11.3 Å². The van der Waals surface area contributed by atoms with Crippen LogP contribution in [0.4, 0.5) is 5.69 Å². The monoisotopic (exact) mass is 241 g/mol. The van der Waals surface area contributed by atoms with Crippen molar-refractivity contribution in [2.24, 2.45) is 5.84 Å². The highest BCUT2D eigenvalue weighted by Crippen LogP contribution is 2.21. The van der Waals surface area contributed by atoms with Crippen molar-refractivity contribution in [3.63, 3.8) is 0 Å². The fourth-order valence-corrected chi connectivity index (χ4v) is 1.42. The summed E-state index contributed by atoms with van der Waals surface area (Å²) in [6, 6.07) is 5.10. The number of nitrogen functional groups attached to an aromatic ring is 1. The number of nitrogens with two attached hydrogens (primary N) is 1. The van der Waals surface area contributed by atoms with Crippen LogP contribution in [-0.2, 0) is 0 Å². The van der Waals surface area contributed by atoms with E-state index in [-0.39, 0.29) is 11.9 Å². The molecule has 0 aliphatic rings. The average Bonchev–Trinajstić information content (AvgIpc) is 2.26. The Morgan fingerprint density at radius 1 is 1.50 bits per heavy atom. The van der Waals surface area contributed by atoms with E-state index in [0.717, 1.165) is 0 Å². The Bertz CT molecular complexity index is 393. The Hall–Kier alpha value is -1.26. The molecule has 0 bridgehead atoms. The zero-order valence-electron chi connectivity index (χ0n) is 9.62. The third kappa shape index (κ3) is 2.65. The number of amides is 1. The van der Waals surface area contributed by atoms with E-state index >= 15 is 0 Å². The average molecular weight is 242 g/mol. The van der Waals surface area contributed by atoms with Crippen molar-refractivity contribution in [2.75, 3.05) is 12.5 Å². The Morgan fingerprint density at radius 3 is 2.62 bits per heavy atom. The van der Waals surface area contributed by atoms with Gasteiger partial charge in [-0.3, -0.25) is 10.6 Å². The van der Waals surface area contributed by atoms with E-state index in [9.17, 15) is 4.79 Å². The predicted molar refractivity (Wildman–Crippen MR) is 66.5 cm³/mol. The molecular weight excluding hydrogens is 226 g/mol. The molecule has 16 heavy (non-hydrogen) atoms. The lowest BCUT2D eigenvalue weighted by molar-refractivity contribution is 0.0756. The maximum absolute atomic E-state index is 12.1. The molecule has 1 amide bonds. The molecule has 0 saturated heterocycles. The van der Waals surface area contributed by atoms with Crippen LogP contribution in [0.5, 0.6) is 0 Å². The summed E-state index contributed by atoms with van der Waals surface area (Å²) in [5.74, 6) is 5.24. The number of nitrogens with one attached hydrogen (secondary N) is 1. The number of carbonyl (C=O) groups is 1. The number of benzene rings is 1. The minimum absolute atomic E-state index is 0.106. The zero-order chi connectivity index (χ0) is 12.3. The summed E-state index contributed by atoms with van der Waals surface area (Å²) in [4.78, 5) is 13.7. The minimum Gasteiger partial charge on any atom is -0.339 e. The Kier molecular flexibility index (Phi) is 4.15. The lowest BCUT2D eigenvalue weighted by Gasteiger charge is -2.22. The number of rotatable bonds is 3. The van der Waals surface area contributed by atoms with Gasteiger partial charge in [-0.1, -0.05) is 11.6 Å². The van der Waals surface area contributed by atoms with Crippen molar-refractivity contribution in [3.05, 3.63) is 28.8 Å². The van der Waals surface area contributed by atoms with Crippen LogP contribution in [0, 0.1) is 0 Å². The first-order valence-corrected chi connectivity index (χ1v) is 5.38. The molecular formula is C11H16ClN3O. The van der Waals surface area contributed by atoms with Crippen LogP contribution >= 0.6 is 11.6 Å². The summed E-state index contributed by atoms with van der Waals surface area (Å²) >= 11 is 5.86. The molecule has 3 N–H and O–H groups in total. The summed E-state index contributed by atoms with van der Waals surface area (Å²) in [7, 11) is 1.74. The van der Waals surface area contributed by atoms with Gasteiger partial charge in [0.25, 0.3) is 5.91 Å². The number of hydrogen-bond acceptors (Lipinski definition) is 3. The van der Waals surface area contributed by atoms with E-state index in [4.69, 9.17) is 17.4 Å². The lowest BCUT2D eigenvalue weighted by Crippen LogP contribution is -2.33. The number of anilines is 1. The van der Waals surface area contributed by atoms with Crippen LogP contribution in [0.3, 0.4) is 0 Å². The van der Waals surface area contributed by atoms with Crippen LogP contribution in [0.1, 0.15) is 24.2 Å². The number of nitrogens with zero attached hydrogens (tertiary/aromatic N) is 1. The summed E-state index contributed by atoms with van der Waals surface area (Å²) in [5.41, 5.74) is 3.54. The van der Waals surface area contributed by atoms with E-state index in [2.05, 4.69) is 5.43 Å². The second-order valence-corrected chi connectivity index (χ2v) is 4.28. The number of carbonyl (C=O) groups excluding carboxylic acids is 1. The summed E-state index contributed by atoms with van der Waals surface area (Å²) in [6.45, 7) is 3.88. The second kappa shape index (κ2) is 5.18. The normalized spacial score (nSPS) is 10.4. The van der Waals surface area contributed by atoms with Crippen LogP contribution in [0.15, 0.2) is 18.2 Å². The van der Waals surface area contributed by atoms with Gasteiger partial charge in [0, 0.05) is 18.1 Å². The highest BCUT2D eigenvalue weighted by molar-refractivity contribution is 6.31. The maximum Gasteiger partial charge on any atom is 0.256 e. The van der Waals surface area contributed by atoms with Gasteiger partial charge in [-0.15, -0.1) is 0 Å². The summed E-state index contributed by atoms with van der Waals surface area (Å²) < 4.78 is 0. The van der Waals surface area contributed by atoms with Crippen LogP contribution in [0.2, 0.25) is 5.02 Å². The summed E-state index contributed by atoms with van der Waals surface area (Å²) in [6.07, 6.45) is 0. The molecule has 0 heterocycles. The van der Waals surface area contributed by atoms with Crippen molar-refractivity contribution in [1.82, 2.24) is 4.90 Å². The SMILES string of the molecule is CC(C)N(C)C(=O)c1cc(Cl)ccc1NN. The molecule has 0 unspecified atom stereocenters. The number of hydrogen-bond donors (Lipinski definition) is 2. The van der Waals surface area contributed by atoms with Crippen LogP contribution in [0.25, 0.3) is 0 Å². The zero-order valence-corrected chi connectivity index (χ0v) is 10.4. The van der Waals surface area contributed by atoms with Gasteiger partial charge in [-0.2, -0.15) is 0 Å². The van der Waals surface area contributed by atoms with E-state index in [1.54, 1.807) is 30.1 Å². The lowest BCUT2D eigenvalue weighted by atomic mass is 10.1. The minimum atomic E-state index is -0.106. The third-order valence-corrected chi connectivity index (χ3v) is 2.70. The molecule has 1 aromatic carbocycles. The summed E-state index contributed by atoms with van der Waals surface area (Å²) in [5, 5.41) is 0.513. The third-order valence-electron chi connectivity index (χ3n) is 2.46. The number of halogens is 1. The van der Waals surface area contributed by atoms with Crippen molar-refractivity contribution in [3.8, 4) is 0 Å². The van der Waals surface area contributed by atoms with E-state index < -0.39 is 0 Å². The molecule has 1 rings (SSSR count). The molecule has 0 atom stereocenters. The molecule has 0 fully saturated rings. The van der Waals surface area contributed by atoms with Gasteiger partial charge in [-0.05, 0) is 32.0 Å². The fraction of sp³-hybridized carbons (Fsp3) is 0.364. The molecule has 4 nitrogen and oxygen atoms in total. The van der Waals surface area contributed by atoms with Crippen LogP contribution < -0.4 is 11.3 Å². The van der Waals surface area contributed by atoms with Gasteiger partial charge in [0.1, 0.15) is 0 Å². The fourth-order valence-electron chi connectivity index (χ4n) is 1.24. The highest BCUT2D eigenvalue weighted by Gasteiger charge is 2.17. The van der Waals surface area contributed by atoms with Gasteiger partial charge >= 0.3 is 0 Å². The quantitative estimate of drug-likeness (QED) is 0.630. The van der Waals surface area contributed by atoms with Gasteiger partial charge in [0.15, 0.2) is 0 Å². The van der Waals surface area contributed by atoms with Crippen molar-refractivity contribution in [1.29, 1.82) is 0 Å². The predicted octanol–water partition coefficient (Wildman–Crippen LogP) is 2.11. The molecule has 0 aliphatic heterocycles. The maximum atomic E-state index is 12.1. The van der Waals surface area contributed by atoms with Crippen molar-refractivity contribution in [2.45, 2.75) is 19.9 Å². The molecule has 88 valence electrons. The van der Waals surface area contributed by atoms with E-state index in [0.29, 0.717) is 16.3 Å². The van der Waals surface area contributed by atoms with Crippen molar-refractivity contribution >= 4 is 23.2 Å².